The number of nitrogens with zero attached hydrogens (tertiary/aromatic N) is 1. The molecule has 0 radical (unpaired) electrons. The van der Waals surface area contributed by atoms with E-state index in [0.29, 0.717) is 5.69 Å². The van der Waals surface area contributed by atoms with Gasteiger partial charge in [0.2, 0.25) is 0 Å². The summed E-state index contributed by atoms with van der Waals surface area (Å²) < 4.78 is 9.01. The Balaban J connectivity index is 2.35. The Morgan fingerprint density at radius 3 is 3.20 bits per heavy atom. The first-order valence-corrected chi connectivity index (χ1v) is 2.58. The van der Waals surface area contributed by atoms with Crippen LogP contribution in [0, 0.1) is 0 Å². The van der Waals surface area contributed by atoms with Crippen molar-refractivity contribution in [3.8, 4) is 0 Å². The van der Waals surface area contributed by atoms with Gasteiger partial charge in [0.15, 0.2) is 6.39 Å². The first kappa shape index (κ1) is 6.60. The number of nitrogens with two attached hydrogens (primary N) is 1. The van der Waals surface area contributed by atoms with Crippen LogP contribution in [0.25, 0.3) is 0 Å². The van der Waals surface area contributed by atoms with Gasteiger partial charge in [-0.2, -0.15) is 0 Å². The van der Waals surface area contributed by atoms with E-state index in [1.807, 2.05) is 0 Å². The lowest BCUT2D eigenvalue weighted by Gasteiger charge is -1.94. The van der Waals surface area contributed by atoms with Crippen LogP contribution >= 0.6 is 0 Å². The van der Waals surface area contributed by atoms with Crippen LogP contribution in [-0.2, 0) is 11.3 Å². The Bertz CT molecular complexity index is 207. The summed E-state index contributed by atoms with van der Waals surface area (Å²) in [6.45, 7) is 0.0613. The maximum atomic E-state index is 10.0. The summed E-state index contributed by atoms with van der Waals surface area (Å²) in [5, 5.41) is 0. The quantitative estimate of drug-likeness (QED) is 0.642. The van der Waals surface area contributed by atoms with E-state index >= 15 is 0 Å². The Morgan fingerprint density at radius 1 is 1.90 bits per heavy atom. The highest BCUT2D eigenvalue weighted by atomic mass is 16.5. The molecule has 5 heteroatoms. The van der Waals surface area contributed by atoms with E-state index in [0.717, 1.165) is 0 Å². The summed E-state index contributed by atoms with van der Waals surface area (Å²) in [7, 11) is 0. The van der Waals surface area contributed by atoms with E-state index in [9.17, 15) is 4.79 Å². The molecule has 1 amide bonds. The number of hydrogen-bond acceptors (Lipinski definition) is 4. The van der Waals surface area contributed by atoms with E-state index in [1.54, 1.807) is 0 Å². The summed E-state index contributed by atoms with van der Waals surface area (Å²) in [5.74, 6) is 0. The van der Waals surface area contributed by atoms with Gasteiger partial charge in [-0.05, 0) is 0 Å². The van der Waals surface area contributed by atoms with Crippen LogP contribution in [0.5, 0.6) is 0 Å². The van der Waals surface area contributed by atoms with Crippen molar-refractivity contribution in [2.75, 3.05) is 0 Å². The number of rotatable bonds is 2. The monoisotopic (exact) mass is 142 g/mol. The fourth-order valence-electron chi connectivity index (χ4n) is 0.454. The zero-order valence-electron chi connectivity index (χ0n) is 5.11. The Labute approximate surface area is 56.8 Å². The molecule has 1 rings (SSSR count). The van der Waals surface area contributed by atoms with Crippen LogP contribution in [0.3, 0.4) is 0 Å². The predicted molar refractivity (Wildman–Crippen MR) is 30.9 cm³/mol. The van der Waals surface area contributed by atoms with Gasteiger partial charge in [-0.1, -0.05) is 0 Å². The minimum Gasteiger partial charge on any atom is -0.451 e. The standard InChI is InChI=1S/C5H6N2O3/c6-5(8)10-2-4-1-9-3-7-4/h1,3H,2H2,(H2,6,8). The maximum absolute atomic E-state index is 10.0. The minimum absolute atomic E-state index is 0.0613. The first-order valence-electron chi connectivity index (χ1n) is 2.58. The SMILES string of the molecule is NC(=O)OCc1cocn1. The molecule has 5 nitrogen and oxygen atoms in total. The normalized spacial score (nSPS) is 9.20. The lowest BCUT2D eigenvalue weighted by molar-refractivity contribution is 0.149. The van der Waals surface area contributed by atoms with Gasteiger partial charge in [0, 0.05) is 0 Å². The third-order valence-corrected chi connectivity index (χ3v) is 0.846. The highest BCUT2D eigenvalue weighted by Crippen LogP contribution is 1.95. The lowest BCUT2D eigenvalue weighted by Crippen LogP contribution is -2.12. The van der Waals surface area contributed by atoms with Crippen LogP contribution in [0.4, 0.5) is 4.79 Å². The van der Waals surface area contributed by atoms with Gasteiger partial charge in [0.25, 0.3) is 0 Å². The average molecular weight is 142 g/mol. The second-order valence-electron chi connectivity index (χ2n) is 1.59. The van der Waals surface area contributed by atoms with Gasteiger partial charge in [-0.3, -0.25) is 0 Å². The summed E-state index contributed by atoms with van der Waals surface area (Å²) in [6, 6.07) is 0. The molecule has 0 aliphatic rings. The lowest BCUT2D eigenvalue weighted by atomic mass is 10.5. The van der Waals surface area contributed by atoms with Crippen molar-refractivity contribution in [3.63, 3.8) is 0 Å². The van der Waals surface area contributed by atoms with Crippen molar-refractivity contribution in [3.05, 3.63) is 18.4 Å². The zero-order chi connectivity index (χ0) is 7.40. The molecule has 1 heterocycles. The van der Waals surface area contributed by atoms with E-state index in [4.69, 9.17) is 0 Å². The molecule has 0 saturated heterocycles. The average Bonchev–Trinajstić information content (AvgIpc) is 2.34. The van der Waals surface area contributed by atoms with E-state index in [-0.39, 0.29) is 6.61 Å². The zero-order valence-corrected chi connectivity index (χ0v) is 5.11. The highest BCUT2D eigenvalue weighted by molar-refractivity contribution is 5.64. The van der Waals surface area contributed by atoms with Gasteiger partial charge in [0.05, 0.1) is 0 Å². The highest BCUT2D eigenvalue weighted by Gasteiger charge is 1.97. The third-order valence-electron chi connectivity index (χ3n) is 0.846. The fraction of sp³-hybridized carbons (Fsp3) is 0.200. The van der Waals surface area contributed by atoms with Crippen molar-refractivity contribution < 1.29 is 13.9 Å². The molecule has 0 aromatic carbocycles. The van der Waals surface area contributed by atoms with Crippen LogP contribution in [0.1, 0.15) is 5.69 Å². The Hall–Kier alpha value is -1.52. The molecule has 0 spiro atoms. The second kappa shape index (κ2) is 2.86. The maximum Gasteiger partial charge on any atom is 0.404 e. The number of ether oxygens (including phenoxy) is 1. The number of oxazole rings is 1. The summed E-state index contributed by atoms with van der Waals surface area (Å²) in [6.07, 6.45) is 1.81. The molecule has 10 heavy (non-hydrogen) atoms. The third kappa shape index (κ3) is 1.77. The van der Waals surface area contributed by atoms with E-state index in [2.05, 4.69) is 19.9 Å². The predicted octanol–water partition coefficient (Wildman–Crippen LogP) is 0.270. The molecule has 54 valence electrons. The molecule has 1 aromatic heterocycles. The van der Waals surface area contributed by atoms with Gasteiger partial charge in [-0.25, -0.2) is 9.78 Å². The molecule has 2 N–H and O–H groups in total. The fourth-order valence-corrected chi connectivity index (χ4v) is 0.454. The second-order valence-corrected chi connectivity index (χ2v) is 1.59. The number of carbonyl (C=O) groups is 1. The molecule has 0 bridgehead atoms. The van der Waals surface area contributed by atoms with E-state index in [1.165, 1.54) is 12.7 Å². The molecule has 0 aliphatic carbocycles. The first-order chi connectivity index (χ1) is 4.79. The van der Waals surface area contributed by atoms with Crippen molar-refractivity contribution in [2.24, 2.45) is 5.73 Å². The summed E-state index contributed by atoms with van der Waals surface area (Å²) in [4.78, 5) is 13.7. The van der Waals surface area contributed by atoms with E-state index < -0.39 is 6.09 Å². The molecular weight excluding hydrogens is 136 g/mol. The van der Waals surface area contributed by atoms with Crippen molar-refractivity contribution in [2.45, 2.75) is 6.61 Å². The topological polar surface area (TPSA) is 78.4 Å². The number of aromatic nitrogens is 1. The Kier molecular flexibility index (Phi) is 1.89. The number of amides is 1. The summed E-state index contributed by atoms with van der Waals surface area (Å²) in [5.41, 5.74) is 5.23. The largest absolute Gasteiger partial charge is 0.451 e. The Morgan fingerprint density at radius 2 is 2.70 bits per heavy atom. The minimum atomic E-state index is -0.817. The molecule has 1 aromatic rings. The molecule has 0 atom stereocenters. The molecule has 0 aliphatic heterocycles. The molecule has 0 unspecified atom stereocenters. The van der Waals surface area contributed by atoms with Gasteiger partial charge in [0.1, 0.15) is 18.6 Å². The van der Waals surface area contributed by atoms with Crippen molar-refractivity contribution in [1.82, 2.24) is 4.98 Å². The van der Waals surface area contributed by atoms with Crippen molar-refractivity contribution >= 4 is 6.09 Å². The number of primary amides is 1. The molecule has 0 saturated carbocycles. The van der Waals surface area contributed by atoms with Crippen LogP contribution < -0.4 is 5.73 Å². The number of hydrogen-bond donors (Lipinski definition) is 1. The smallest absolute Gasteiger partial charge is 0.404 e. The molecular formula is C5H6N2O3. The molecule has 0 fully saturated rings. The van der Waals surface area contributed by atoms with Crippen LogP contribution in [-0.4, -0.2) is 11.1 Å². The van der Waals surface area contributed by atoms with Gasteiger partial charge >= 0.3 is 6.09 Å². The van der Waals surface area contributed by atoms with Crippen LogP contribution in [0.2, 0.25) is 0 Å². The van der Waals surface area contributed by atoms with Gasteiger partial charge < -0.3 is 14.9 Å². The van der Waals surface area contributed by atoms with Crippen molar-refractivity contribution in [1.29, 1.82) is 0 Å². The van der Waals surface area contributed by atoms with Gasteiger partial charge in [-0.15, -0.1) is 0 Å². The van der Waals surface area contributed by atoms with Crippen LogP contribution in [0.15, 0.2) is 17.1 Å². The summed E-state index contributed by atoms with van der Waals surface area (Å²) >= 11 is 0. The number of carbonyl (C=O) groups excluding carboxylic acids is 1.